The van der Waals surface area contributed by atoms with Gasteiger partial charge in [0.25, 0.3) is 0 Å². The van der Waals surface area contributed by atoms with Gasteiger partial charge in [0.15, 0.2) is 0 Å². The van der Waals surface area contributed by atoms with Crippen LogP contribution in [0.5, 0.6) is 0 Å². The molecule has 0 heterocycles. The predicted octanol–water partition coefficient (Wildman–Crippen LogP) is 3.01. The Balaban J connectivity index is 2.71. The molecule has 1 rings (SSSR count). The van der Waals surface area contributed by atoms with Crippen LogP contribution in [0.1, 0.15) is 38.3 Å². The zero-order valence-corrected chi connectivity index (χ0v) is 13.7. The van der Waals surface area contributed by atoms with E-state index in [9.17, 15) is 0 Å². The number of nitrogens with zero attached hydrogens (tertiary/aromatic N) is 2. The summed E-state index contributed by atoms with van der Waals surface area (Å²) in [6, 6.07) is 6.43. The molecule has 3 heteroatoms. The van der Waals surface area contributed by atoms with E-state index in [1.165, 1.54) is 29.8 Å². The SMILES string of the molecule is CCN(CC)CCCN(CC)c1c(C)cccc1CN. The molecule has 0 bridgehead atoms. The van der Waals surface area contributed by atoms with E-state index in [0.29, 0.717) is 6.54 Å². The summed E-state index contributed by atoms with van der Waals surface area (Å²) in [7, 11) is 0. The van der Waals surface area contributed by atoms with Gasteiger partial charge in [-0.2, -0.15) is 0 Å². The van der Waals surface area contributed by atoms with Crippen molar-refractivity contribution in [2.45, 2.75) is 40.7 Å². The van der Waals surface area contributed by atoms with Crippen molar-refractivity contribution in [3.63, 3.8) is 0 Å². The molecule has 0 aliphatic rings. The Morgan fingerprint density at radius 1 is 1.00 bits per heavy atom. The van der Waals surface area contributed by atoms with Crippen molar-refractivity contribution in [1.82, 2.24) is 4.90 Å². The quantitative estimate of drug-likeness (QED) is 0.753. The first-order valence-electron chi connectivity index (χ1n) is 7.93. The van der Waals surface area contributed by atoms with Crippen LogP contribution in [-0.4, -0.2) is 37.6 Å². The Bertz CT molecular complexity index is 386. The van der Waals surface area contributed by atoms with E-state index in [0.717, 1.165) is 26.2 Å². The van der Waals surface area contributed by atoms with Crippen LogP contribution in [0.15, 0.2) is 18.2 Å². The maximum absolute atomic E-state index is 5.90. The van der Waals surface area contributed by atoms with Crippen LogP contribution in [0, 0.1) is 6.92 Å². The Hall–Kier alpha value is -1.06. The first-order valence-corrected chi connectivity index (χ1v) is 7.93. The van der Waals surface area contributed by atoms with E-state index >= 15 is 0 Å². The normalized spacial score (nSPS) is 11.1. The van der Waals surface area contributed by atoms with E-state index in [2.05, 4.69) is 55.7 Å². The van der Waals surface area contributed by atoms with Crippen LogP contribution in [0.25, 0.3) is 0 Å². The second-order valence-corrected chi connectivity index (χ2v) is 5.25. The smallest absolute Gasteiger partial charge is 0.0441 e. The molecule has 1 aromatic carbocycles. The first kappa shape index (κ1) is 17.0. The average Bonchev–Trinajstić information content (AvgIpc) is 2.48. The van der Waals surface area contributed by atoms with Gasteiger partial charge in [0.2, 0.25) is 0 Å². The standard InChI is InChI=1S/C17H31N3/c1-5-19(6-2)12-9-13-20(7-3)17-15(4)10-8-11-16(17)14-18/h8,10-11H,5-7,9,12-14,18H2,1-4H3. The second-order valence-electron chi connectivity index (χ2n) is 5.25. The highest BCUT2D eigenvalue weighted by molar-refractivity contribution is 5.59. The topological polar surface area (TPSA) is 32.5 Å². The second kappa shape index (κ2) is 8.98. The zero-order chi connectivity index (χ0) is 15.0. The van der Waals surface area contributed by atoms with Crippen molar-refractivity contribution >= 4 is 5.69 Å². The van der Waals surface area contributed by atoms with Crippen LogP contribution in [-0.2, 0) is 6.54 Å². The molecule has 0 aliphatic heterocycles. The van der Waals surface area contributed by atoms with Crippen LogP contribution in [0.2, 0.25) is 0 Å². The van der Waals surface area contributed by atoms with Gasteiger partial charge in [-0.25, -0.2) is 0 Å². The summed E-state index contributed by atoms with van der Waals surface area (Å²) in [6.07, 6.45) is 1.20. The molecule has 0 radical (unpaired) electrons. The van der Waals surface area contributed by atoms with Crippen LogP contribution in [0.4, 0.5) is 5.69 Å². The number of benzene rings is 1. The third-order valence-electron chi connectivity index (χ3n) is 4.04. The lowest BCUT2D eigenvalue weighted by molar-refractivity contribution is 0.300. The first-order chi connectivity index (χ1) is 9.67. The van der Waals surface area contributed by atoms with E-state index in [1.54, 1.807) is 0 Å². The lowest BCUT2D eigenvalue weighted by Gasteiger charge is -2.28. The number of rotatable bonds is 9. The van der Waals surface area contributed by atoms with Gasteiger partial charge >= 0.3 is 0 Å². The summed E-state index contributed by atoms with van der Waals surface area (Å²) in [5.41, 5.74) is 9.83. The molecule has 1 aromatic rings. The van der Waals surface area contributed by atoms with Gasteiger partial charge in [0.1, 0.15) is 0 Å². The minimum atomic E-state index is 0.615. The molecule has 3 nitrogen and oxygen atoms in total. The molecule has 0 spiro atoms. The highest BCUT2D eigenvalue weighted by atomic mass is 15.1. The molecule has 0 amide bonds. The summed E-state index contributed by atoms with van der Waals surface area (Å²) in [6.45, 7) is 15.1. The van der Waals surface area contributed by atoms with Crippen molar-refractivity contribution in [2.24, 2.45) is 5.73 Å². The number of anilines is 1. The third-order valence-corrected chi connectivity index (χ3v) is 4.04. The molecule has 0 atom stereocenters. The monoisotopic (exact) mass is 277 g/mol. The van der Waals surface area contributed by atoms with Gasteiger partial charge in [-0.05, 0) is 51.0 Å². The molecule has 0 unspecified atom stereocenters. The molecular formula is C17H31N3. The van der Waals surface area contributed by atoms with E-state index in [4.69, 9.17) is 5.73 Å². The van der Waals surface area contributed by atoms with Crippen molar-refractivity contribution in [3.8, 4) is 0 Å². The number of aryl methyl sites for hydroxylation is 1. The van der Waals surface area contributed by atoms with E-state index < -0.39 is 0 Å². The number of para-hydroxylation sites is 1. The van der Waals surface area contributed by atoms with Gasteiger partial charge in [-0.1, -0.05) is 32.0 Å². The molecule has 114 valence electrons. The molecule has 0 saturated heterocycles. The van der Waals surface area contributed by atoms with Crippen molar-refractivity contribution in [3.05, 3.63) is 29.3 Å². The Labute approximate surface area is 124 Å². The van der Waals surface area contributed by atoms with Gasteiger partial charge in [0.05, 0.1) is 0 Å². The minimum absolute atomic E-state index is 0.615. The Morgan fingerprint density at radius 3 is 2.25 bits per heavy atom. The maximum atomic E-state index is 5.90. The summed E-state index contributed by atoms with van der Waals surface area (Å²) in [5.74, 6) is 0. The summed E-state index contributed by atoms with van der Waals surface area (Å²) >= 11 is 0. The molecule has 2 N–H and O–H groups in total. The predicted molar refractivity (Wildman–Crippen MR) is 89.4 cm³/mol. The fourth-order valence-corrected chi connectivity index (χ4v) is 2.79. The summed E-state index contributed by atoms with van der Waals surface area (Å²) in [4.78, 5) is 4.95. The number of nitrogens with two attached hydrogens (primary N) is 1. The number of hydrogen-bond acceptors (Lipinski definition) is 3. The largest absolute Gasteiger partial charge is 0.371 e. The lowest BCUT2D eigenvalue weighted by Crippen LogP contribution is -2.31. The molecule has 0 aliphatic carbocycles. The fraction of sp³-hybridized carbons (Fsp3) is 0.647. The van der Waals surface area contributed by atoms with Crippen molar-refractivity contribution in [2.75, 3.05) is 37.6 Å². The zero-order valence-electron chi connectivity index (χ0n) is 13.7. The van der Waals surface area contributed by atoms with Gasteiger partial charge in [0, 0.05) is 25.3 Å². The molecular weight excluding hydrogens is 246 g/mol. The number of hydrogen-bond donors (Lipinski definition) is 1. The molecule has 0 fully saturated rings. The van der Waals surface area contributed by atoms with Crippen LogP contribution < -0.4 is 10.6 Å². The molecule has 20 heavy (non-hydrogen) atoms. The van der Waals surface area contributed by atoms with E-state index in [1.807, 2.05) is 0 Å². The highest BCUT2D eigenvalue weighted by Gasteiger charge is 2.11. The minimum Gasteiger partial charge on any atom is -0.371 e. The van der Waals surface area contributed by atoms with Crippen molar-refractivity contribution in [1.29, 1.82) is 0 Å². The Kier molecular flexibility index (Phi) is 7.63. The van der Waals surface area contributed by atoms with Crippen molar-refractivity contribution < 1.29 is 0 Å². The average molecular weight is 277 g/mol. The highest BCUT2D eigenvalue weighted by Crippen LogP contribution is 2.25. The fourth-order valence-electron chi connectivity index (χ4n) is 2.79. The van der Waals surface area contributed by atoms with Crippen LogP contribution in [0.3, 0.4) is 0 Å². The third kappa shape index (κ3) is 4.50. The summed E-state index contributed by atoms with van der Waals surface area (Å²) in [5, 5.41) is 0. The van der Waals surface area contributed by atoms with Gasteiger partial charge in [-0.3, -0.25) is 0 Å². The Morgan fingerprint density at radius 2 is 1.70 bits per heavy atom. The summed E-state index contributed by atoms with van der Waals surface area (Å²) < 4.78 is 0. The lowest BCUT2D eigenvalue weighted by atomic mass is 10.1. The molecule has 0 saturated carbocycles. The van der Waals surface area contributed by atoms with Gasteiger partial charge < -0.3 is 15.5 Å². The molecule has 0 aromatic heterocycles. The van der Waals surface area contributed by atoms with E-state index in [-0.39, 0.29) is 0 Å². The van der Waals surface area contributed by atoms with Crippen LogP contribution >= 0.6 is 0 Å². The van der Waals surface area contributed by atoms with Gasteiger partial charge in [-0.15, -0.1) is 0 Å². The maximum Gasteiger partial charge on any atom is 0.0441 e.